The first kappa shape index (κ1) is 19.5. The van der Waals surface area contributed by atoms with Gasteiger partial charge in [-0.3, -0.25) is 14.5 Å². The number of nitrogens with zero attached hydrogens (tertiary/aromatic N) is 1. The summed E-state index contributed by atoms with van der Waals surface area (Å²) in [6, 6.07) is 5.02. The zero-order chi connectivity index (χ0) is 20.6. The summed E-state index contributed by atoms with van der Waals surface area (Å²) in [5.74, 6) is 1.01. The third-order valence-corrected chi connectivity index (χ3v) is 6.10. The van der Waals surface area contributed by atoms with Crippen LogP contribution in [0.4, 0.5) is 4.79 Å². The van der Waals surface area contributed by atoms with Crippen molar-refractivity contribution in [2.45, 2.75) is 57.5 Å². The number of nitrogens with one attached hydrogen (secondary N) is 2. The van der Waals surface area contributed by atoms with Crippen molar-refractivity contribution in [3.05, 3.63) is 23.8 Å². The second-order valence-corrected chi connectivity index (χ2v) is 8.45. The first-order valence-electron chi connectivity index (χ1n) is 10.2. The molecule has 1 aromatic carbocycles. The molecule has 8 heteroatoms. The smallest absolute Gasteiger partial charge is 0.325 e. The number of benzene rings is 1. The van der Waals surface area contributed by atoms with Gasteiger partial charge in [0.25, 0.3) is 5.91 Å². The number of imide groups is 1. The fourth-order valence-corrected chi connectivity index (χ4v) is 4.40. The molecule has 1 aromatic rings. The van der Waals surface area contributed by atoms with Gasteiger partial charge in [0.15, 0.2) is 11.5 Å². The Labute approximate surface area is 169 Å². The van der Waals surface area contributed by atoms with Crippen LogP contribution in [-0.2, 0) is 16.0 Å². The van der Waals surface area contributed by atoms with Crippen molar-refractivity contribution in [2.24, 2.45) is 5.92 Å². The molecule has 29 heavy (non-hydrogen) atoms. The number of carbonyl (C=O) groups is 3. The molecule has 156 valence electrons. The summed E-state index contributed by atoms with van der Waals surface area (Å²) >= 11 is 0. The highest BCUT2D eigenvalue weighted by Gasteiger charge is 2.48. The topological polar surface area (TPSA) is 97.0 Å². The molecule has 1 saturated heterocycles. The van der Waals surface area contributed by atoms with Gasteiger partial charge in [-0.1, -0.05) is 25.8 Å². The van der Waals surface area contributed by atoms with E-state index in [1.807, 2.05) is 12.1 Å². The van der Waals surface area contributed by atoms with Gasteiger partial charge < -0.3 is 20.1 Å². The van der Waals surface area contributed by atoms with E-state index in [0.717, 1.165) is 29.7 Å². The van der Waals surface area contributed by atoms with E-state index in [9.17, 15) is 14.4 Å². The van der Waals surface area contributed by atoms with Gasteiger partial charge in [0, 0.05) is 12.5 Å². The zero-order valence-electron chi connectivity index (χ0n) is 16.8. The van der Waals surface area contributed by atoms with Crippen LogP contribution in [0.1, 0.15) is 45.1 Å². The first-order chi connectivity index (χ1) is 13.9. The Hall–Kier alpha value is -2.77. The largest absolute Gasteiger partial charge is 0.454 e. The Morgan fingerprint density at radius 1 is 1.24 bits per heavy atom. The summed E-state index contributed by atoms with van der Waals surface area (Å²) in [5, 5.41) is 5.75. The number of ether oxygens (including phenoxy) is 2. The van der Waals surface area contributed by atoms with E-state index < -0.39 is 17.5 Å². The lowest BCUT2D eigenvalue weighted by atomic mass is 9.86. The van der Waals surface area contributed by atoms with Crippen molar-refractivity contribution in [2.75, 3.05) is 13.3 Å². The molecule has 0 radical (unpaired) electrons. The van der Waals surface area contributed by atoms with Crippen LogP contribution < -0.4 is 20.1 Å². The van der Waals surface area contributed by atoms with E-state index in [4.69, 9.17) is 9.47 Å². The molecule has 3 aliphatic rings. The Balaban J connectivity index is 1.40. The van der Waals surface area contributed by atoms with Gasteiger partial charge in [-0.25, -0.2) is 4.79 Å². The van der Waals surface area contributed by atoms with Gasteiger partial charge in [-0.05, 0) is 43.4 Å². The average molecular weight is 401 g/mol. The van der Waals surface area contributed by atoms with Gasteiger partial charge in [0.05, 0.1) is 0 Å². The van der Waals surface area contributed by atoms with Crippen molar-refractivity contribution < 1.29 is 23.9 Å². The van der Waals surface area contributed by atoms with Crippen molar-refractivity contribution >= 4 is 17.8 Å². The van der Waals surface area contributed by atoms with Crippen LogP contribution in [0.3, 0.4) is 0 Å². The highest BCUT2D eigenvalue weighted by atomic mass is 16.7. The summed E-state index contributed by atoms with van der Waals surface area (Å²) in [6.07, 6.45) is 4.59. The first-order valence-corrected chi connectivity index (χ1v) is 10.2. The lowest BCUT2D eigenvalue weighted by Gasteiger charge is -2.30. The molecule has 0 spiro atoms. The standard InChI is InChI=1S/C21H27N3O5/c1-13-5-3-4-6-15(13)22-18(25)11-24-19(26)21(2,23-20(24)27)10-14-7-8-16-17(9-14)29-12-28-16/h7-9,13,15H,3-6,10-12H2,1-2H3,(H,22,25)(H,23,27)/t13-,15-,21+/m0/s1. The third-order valence-electron chi connectivity index (χ3n) is 6.10. The van der Waals surface area contributed by atoms with Gasteiger partial charge in [-0.15, -0.1) is 0 Å². The van der Waals surface area contributed by atoms with Crippen molar-refractivity contribution in [1.82, 2.24) is 15.5 Å². The maximum Gasteiger partial charge on any atom is 0.325 e. The van der Waals surface area contributed by atoms with Crippen molar-refractivity contribution in [3.8, 4) is 11.5 Å². The summed E-state index contributed by atoms with van der Waals surface area (Å²) in [4.78, 5) is 38.9. The van der Waals surface area contributed by atoms with Crippen LogP contribution in [0, 0.1) is 5.92 Å². The van der Waals surface area contributed by atoms with Crippen LogP contribution in [0.2, 0.25) is 0 Å². The molecule has 1 saturated carbocycles. The molecular weight excluding hydrogens is 374 g/mol. The monoisotopic (exact) mass is 401 g/mol. The molecular formula is C21H27N3O5. The Kier molecular flexibility index (Phi) is 5.10. The van der Waals surface area contributed by atoms with Crippen LogP contribution in [-0.4, -0.2) is 47.7 Å². The summed E-state index contributed by atoms with van der Waals surface area (Å²) in [5.41, 5.74) is -0.267. The summed E-state index contributed by atoms with van der Waals surface area (Å²) in [6.45, 7) is 3.72. The quantitative estimate of drug-likeness (QED) is 0.736. The fraction of sp³-hybridized carbons (Fsp3) is 0.571. The highest BCUT2D eigenvalue weighted by molar-refractivity contribution is 6.09. The Bertz CT molecular complexity index is 842. The lowest BCUT2D eigenvalue weighted by molar-refractivity contribution is -0.134. The molecule has 2 N–H and O–H groups in total. The van der Waals surface area contributed by atoms with E-state index in [2.05, 4.69) is 17.6 Å². The molecule has 2 fully saturated rings. The van der Waals surface area contributed by atoms with E-state index in [-0.39, 0.29) is 25.3 Å². The molecule has 4 rings (SSSR count). The molecule has 4 amide bonds. The Morgan fingerprint density at radius 3 is 2.79 bits per heavy atom. The van der Waals surface area contributed by atoms with E-state index >= 15 is 0 Å². The van der Waals surface area contributed by atoms with E-state index in [1.54, 1.807) is 13.0 Å². The van der Waals surface area contributed by atoms with E-state index in [1.165, 1.54) is 6.42 Å². The number of hydrogen-bond donors (Lipinski definition) is 2. The normalized spacial score (nSPS) is 28.4. The maximum atomic E-state index is 13.0. The van der Waals surface area contributed by atoms with Gasteiger partial charge in [0.1, 0.15) is 12.1 Å². The summed E-state index contributed by atoms with van der Waals surface area (Å²) < 4.78 is 10.7. The molecule has 3 atom stereocenters. The zero-order valence-corrected chi connectivity index (χ0v) is 16.8. The SMILES string of the molecule is C[C@H]1CCCC[C@@H]1NC(=O)CN1C(=O)N[C@](C)(Cc2ccc3c(c2)OCO3)C1=O. The Morgan fingerprint density at radius 2 is 2.00 bits per heavy atom. The van der Waals surface area contributed by atoms with Gasteiger partial charge in [-0.2, -0.15) is 0 Å². The van der Waals surface area contributed by atoms with Gasteiger partial charge in [0.2, 0.25) is 12.7 Å². The molecule has 8 nitrogen and oxygen atoms in total. The van der Waals surface area contributed by atoms with E-state index in [0.29, 0.717) is 23.8 Å². The van der Waals surface area contributed by atoms with Crippen LogP contribution >= 0.6 is 0 Å². The van der Waals surface area contributed by atoms with Gasteiger partial charge >= 0.3 is 6.03 Å². The molecule has 0 bridgehead atoms. The predicted molar refractivity (Wildman–Crippen MR) is 104 cm³/mol. The second-order valence-electron chi connectivity index (χ2n) is 8.45. The minimum absolute atomic E-state index is 0.108. The third kappa shape index (κ3) is 3.88. The maximum absolute atomic E-state index is 13.0. The number of rotatable bonds is 5. The van der Waals surface area contributed by atoms with Crippen LogP contribution in [0.5, 0.6) is 11.5 Å². The van der Waals surface area contributed by atoms with Crippen molar-refractivity contribution in [3.63, 3.8) is 0 Å². The second kappa shape index (κ2) is 7.57. The highest BCUT2D eigenvalue weighted by Crippen LogP contribution is 2.34. The molecule has 1 aliphatic carbocycles. The number of hydrogen-bond acceptors (Lipinski definition) is 5. The molecule has 0 unspecified atom stereocenters. The number of carbonyl (C=O) groups excluding carboxylic acids is 3. The van der Waals surface area contributed by atoms with Crippen LogP contribution in [0.25, 0.3) is 0 Å². The molecule has 2 heterocycles. The minimum Gasteiger partial charge on any atom is -0.454 e. The predicted octanol–water partition coefficient (Wildman–Crippen LogP) is 1.96. The number of amides is 4. The van der Waals surface area contributed by atoms with Crippen LogP contribution in [0.15, 0.2) is 18.2 Å². The summed E-state index contributed by atoms with van der Waals surface area (Å²) in [7, 11) is 0. The fourth-order valence-electron chi connectivity index (χ4n) is 4.40. The van der Waals surface area contributed by atoms with Crippen molar-refractivity contribution in [1.29, 1.82) is 0 Å². The lowest BCUT2D eigenvalue weighted by Crippen LogP contribution is -2.48. The minimum atomic E-state index is -1.11. The average Bonchev–Trinajstić information content (AvgIpc) is 3.22. The number of fused-ring (bicyclic) bond motifs is 1. The molecule has 0 aromatic heterocycles. The molecule has 2 aliphatic heterocycles. The number of urea groups is 1.